The molecule has 36 heavy (non-hydrogen) atoms. The van der Waals surface area contributed by atoms with Crippen LogP contribution in [0.25, 0.3) is 33.2 Å². The predicted octanol–water partition coefficient (Wildman–Crippen LogP) is 6.22. The first kappa shape index (κ1) is 23.4. The second-order valence-corrected chi connectivity index (χ2v) is 9.13. The number of nitrogens with one attached hydrogen (secondary N) is 2. The molecule has 182 valence electrons. The molecule has 2 N–H and O–H groups in total. The van der Waals surface area contributed by atoms with Crippen LogP contribution in [0.4, 0.5) is 5.69 Å². The van der Waals surface area contributed by atoms with Gasteiger partial charge in [-0.15, -0.1) is 0 Å². The third-order valence-corrected chi connectivity index (χ3v) is 6.43. The molecule has 0 saturated heterocycles. The van der Waals surface area contributed by atoms with E-state index in [0.717, 1.165) is 33.3 Å². The Morgan fingerprint density at radius 1 is 1.11 bits per heavy atom. The number of nitrogens with zero attached hydrogens (tertiary/aromatic N) is 1. The topological polar surface area (TPSA) is 97.2 Å². The van der Waals surface area contributed by atoms with E-state index in [1.807, 2.05) is 51.1 Å². The Morgan fingerprint density at radius 3 is 2.69 bits per heavy atom. The molecular weight excluding hydrogens is 454 g/mol. The summed E-state index contributed by atoms with van der Waals surface area (Å²) < 4.78 is 11.4. The monoisotopic (exact) mass is 481 g/mol. The van der Waals surface area contributed by atoms with Crippen LogP contribution in [0.15, 0.2) is 63.9 Å². The van der Waals surface area contributed by atoms with Crippen molar-refractivity contribution in [2.24, 2.45) is 0 Å². The molecule has 0 aliphatic carbocycles. The highest BCUT2D eigenvalue weighted by Gasteiger charge is 2.21. The first-order valence-corrected chi connectivity index (χ1v) is 11.7. The lowest BCUT2D eigenvalue weighted by Gasteiger charge is -2.19. The molecule has 0 spiro atoms. The Morgan fingerprint density at radius 2 is 1.92 bits per heavy atom. The minimum atomic E-state index is -0.528. The number of H-pyrrole nitrogens is 1. The van der Waals surface area contributed by atoms with Gasteiger partial charge in [-0.3, -0.25) is 4.79 Å². The van der Waals surface area contributed by atoms with E-state index >= 15 is 0 Å². The lowest BCUT2D eigenvalue weighted by Crippen LogP contribution is -2.15. The van der Waals surface area contributed by atoms with Crippen LogP contribution in [0.5, 0.6) is 0 Å². The van der Waals surface area contributed by atoms with Gasteiger partial charge in [-0.05, 0) is 75.7 Å². The number of rotatable bonds is 5. The fraction of sp³-hybridized carbons (Fsp3) is 0.207. The van der Waals surface area contributed by atoms with Crippen LogP contribution in [-0.4, -0.2) is 23.0 Å². The zero-order chi connectivity index (χ0) is 25.6. The highest BCUT2D eigenvalue weighted by atomic mass is 16.5. The second-order valence-electron chi connectivity index (χ2n) is 9.13. The van der Waals surface area contributed by atoms with Gasteiger partial charge in [0.15, 0.2) is 11.1 Å². The van der Waals surface area contributed by atoms with Crippen molar-refractivity contribution in [1.82, 2.24) is 9.97 Å². The summed E-state index contributed by atoms with van der Waals surface area (Å²) in [6.45, 7) is 7.72. The summed E-state index contributed by atoms with van der Waals surface area (Å²) in [5.41, 5.74) is 6.42. The van der Waals surface area contributed by atoms with Crippen LogP contribution in [0.3, 0.4) is 0 Å². The molecule has 5 rings (SSSR count). The van der Waals surface area contributed by atoms with E-state index in [-0.39, 0.29) is 17.2 Å². The SMILES string of the molecule is COC(=O)c1ncccc1N[C@H](C)c1cc(C)cc2c(=O)c(C)c(-c3ccc4[nH]c(C)cc4c3)oc12. The molecular formula is C29H27N3O4. The van der Waals surface area contributed by atoms with Crippen molar-refractivity contribution in [3.05, 3.63) is 93.0 Å². The van der Waals surface area contributed by atoms with E-state index in [9.17, 15) is 9.59 Å². The first-order chi connectivity index (χ1) is 17.3. The van der Waals surface area contributed by atoms with Gasteiger partial charge in [-0.1, -0.05) is 6.07 Å². The Labute approximate surface area is 208 Å². The standard InChI is InChI=1S/C29H27N3O4/c1-15-11-21(18(4)32-24-7-6-10-30-25(24)29(34)35-5)28-22(12-15)26(33)17(3)27(36-28)19-8-9-23-20(14-19)13-16(2)31-23/h6-14,18,31-32H,1-5H3/t18-/m1/s1. The van der Waals surface area contributed by atoms with Crippen LogP contribution in [0, 0.1) is 20.8 Å². The van der Waals surface area contributed by atoms with E-state index in [2.05, 4.69) is 21.4 Å². The molecule has 3 aromatic heterocycles. The Balaban J connectivity index is 1.66. The number of carbonyl (C=O) groups is 1. The lowest BCUT2D eigenvalue weighted by molar-refractivity contribution is 0.0595. The first-order valence-electron chi connectivity index (χ1n) is 11.7. The number of anilines is 1. The predicted molar refractivity (Wildman–Crippen MR) is 142 cm³/mol. The summed E-state index contributed by atoms with van der Waals surface area (Å²) >= 11 is 0. The number of methoxy groups -OCH3 is 1. The van der Waals surface area contributed by atoms with Crippen LogP contribution < -0.4 is 10.7 Å². The summed E-state index contributed by atoms with van der Waals surface area (Å²) in [6, 6.07) is 15.1. The molecule has 2 aromatic carbocycles. The quantitative estimate of drug-likeness (QED) is 0.289. The minimum absolute atomic E-state index is 0.0645. The summed E-state index contributed by atoms with van der Waals surface area (Å²) in [7, 11) is 1.32. The normalized spacial score (nSPS) is 12.1. The van der Waals surface area contributed by atoms with Gasteiger partial charge in [0.2, 0.25) is 0 Å². The maximum atomic E-state index is 13.5. The molecule has 7 heteroatoms. The smallest absolute Gasteiger partial charge is 0.358 e. The Bertz CT molecular complexity index is 1700. The van der Waals surface area contributed by atoms with Gasteiger partial charge in [0.05, 0.1) is 24.2 Å². The largest absolute Gasteiger partial charge is 0.464 e. The van der Waals surface area contributed by atoms with E-state index in [1.54, 1.807) is 25.3 Å². The van der Waals surface area contributed by atoms with Crippen molar-refractivity contribution in [1.29, 1.82) is 0 Å². The fourth-order valence-electron chi connectivity index (χ4n) is 4.68. The number of ether oxygens (including phenoxy) is 1. The molecule has 0 radical (unpaired) electrons. The number of aromatic nitrogens is 2. The molecule has 0 fully saturated rings. The van der Waals surface area contributed by atoms with Crippen LogP contribution >= 0.6 is 0 Å². The molecule has 3 heterocycles. The second kappa shape index (κ2) is 9.00. The third-order valence-electron chi connectivity index (χ3n) is 6.43. The maximum absolute atomic E-state index is 13.5. The number of aryl methyl sites for hydroxylation is 2. The average Bonchev–Trinajstić information content (AvgIpc) is 3.25. The van der Waals surface area contributed by atoms with Gasteiger partial charge in [0.1, 0.15) is 11.3 Å². The summed E-state index contributed by atoms with van der Waals surface area (Å²) in [6.07, 6.45) is 1.54. The minimum Gasteiger partial charge on any atom is -0.464 e. The molecule has 7 nitrogen and oxygen atoms in total. The number of fused-ring (bicyclic) bond motifs is 2. The van der Waals surface area contributed by atoms with Gasteiger partial charge >= 0.3 is 5.97 Å². The van der Waals surface area contributed by atoms with Crippen LogP contribution in [0.1, 0.15) is 45.8 Å². The third kappa shape index (κ3) is 4.02. The van der Waals surface area contributed by atoms with Crippen molar-refractivity contribution < 1.29 is 13.9 Å². The Hall–Kier alpha value is -4.39. The van der Waals surface area contributed by atoms with E-state index in [0.29, 0.717) is 28.0 Å². The van der Waals surface area contributed by atoms with E-state index in [1.165, 1.54) is 7.11 Å². The van der Waals surface area contributed by atoms with Crippen molar-refractivity contribution in [3.8, 4) is 11.3 Å². The van der Waals surface area contributed by atoms with E-state index < -0.39 is 5.97 Å². The van der Waals surface area contributed by atoms with Crippen molar-refractivity contribution >= 4 is 33.5 Å². The van der Waals surface area contributed by atoms with Gasteiger partial charge in [0.25, 0.3) is 0 Å². The summed E-state index contributed by atoms with van der Waals surface area (Å²) in [5, 5.41) is 4.93. The summed E-state index contributed by atoms with van der Waals surface area (Å²) in [4.78, 5) is 33.2. The van der Waals surface area contributed by atoms with Gasteiger partial charge in [-0.25, -0.2) is 9.78 Å². The number of pyridine rings is 1. The molecule has 0 saturated carbocycles. The van der Waals surface area contributed by atoms with Crippen molar-refractivity contribution in [2.75, 3.05) is 12.4 Å². The molecule has 0 aliphatic heterocycles. The number of esters is 1. The molecule has 0 bridgehead atoms. The molecule has 1 atom stereocenters. The zero-order valence-corrected chi connectivity index (χ0v) is 20.9. The van der Waals surface area contributed by atoms with Crippen LogP contribution in [0.2, 0.25) is 0 Å². The van der Waals surface area contributed by atoms with Crippen LogP contribution in [-0.2, 0) is 4.74 Å². The van der Waals surface area contributed by atoms with Gasteiger partial charge in [0, 0.05) is 39.5 Å². The number of carbonyl (C=O) groups excluding carboxylic acids is 1. The van der Waals surface area contributed by atoms with Gasteiger partial charge < -0.3 is 19.5 Å². The highest BCUT2D eigenvalue weighted by Crippen LogP contribution is 2.33. The van der Waals surface area contributed by atoms with Gasteiger partial charge in [-0.2, -0.15) is 0 Å². The average molecular weight is 482 g/mol. The highest BCUT2D eigenvalue weighted by molar-refractivity contribution is 5.93. The number of benzene rings is 2. The maximum Gasteiger partial charge on any atom is 0.358 e. The molecule has 5 aromatic rings. The fourth-order valence-corrected chi connectivity index (χ4v) is 4.68. The van der Waals surface area contributed by atoms with E-state index in [4.69, 9.17) is 9.15 Å². The molecule has 0 unspecified atom stereocenters. The summed E-state index contributed by atoms with van der Waals surface area (Å²) in [5.74, 6) is 0.0152. The van der Waals surface area contributed by atoms with Crippen molar-refractivity contribution in [3.63, 3.8) is 0 Å². The number of hydrogen-bond acceptors (Lipinski definition) is 6. The molecule has 0 aliphatic rings. The number of aromatic amines is 1. The Kier molecular flexibility index (Phi) is 5.84. The lowest BCUT2D eigenvalue weighted by atomic mass is 9.98. The zero-order valence-electron chi connectivity index (χ0n) is 20.9. The van der Waals surface area contributed by atoms with Crippen molar-refractivity contribution in [2.45, 2.75) is 33.7 Å². The molecule has 0 amide bonds. The number of hydrogen-bond donors (Lipinski definition) is 2.